The fourth-order valence-corrected chi connectivity index (χ4v) is 2.76. The number of hydrogen-bond acceptors (Lipinski definition) is 2. The van der Waals surface area contributed by atoms with Crippen LogP contribution < -0.4 is 11.1 Å². The molecule has 0 aromatic heterocycles. The van der Waals surface area contributed by atoms with E-state index in [1.807, 2.05) is 30.3 Å². The van der Waals surface area contributed by atoms with Gasteiger partial charge in [-0.15, -0.1) is 12.4 Å². The second kappa shape index (κ2) is 7.62. The molecule has 124 valence electrons. The van der Waals surface area contributed by atoms with Gasteiger partial charge in [-0.2, -0.15) is 0 Å². The fraction of sp³-hybridized carbons (Fsp3) is 0.316. The SMILES string of the molecule is Cc1cc(C)c(CNC(=O)C(C)(N)c2ccccc2)c(C)c1.Cl. The summed E-state index contributed by atoms with van der Waals surface area (Å²) < 4.78 is 0. The first-order valence-electron chi connectivity index (χ1n) is 7.52. The van der Waals surface area contributed by atoms with Crippen molar-refractivity contribution in [1.29, 1.82) is 0 Å². The highest BCUT2D eigenvalue weighted by molar-refractivity contribution is 5.87. The second-order valence-corrected chi connectivity index (χ2v) is 6.13. The summed E-state index contributed by atoms with van der Waals surface area (Å²) in [5.41, 5.74) is 10.8. The molecule has 0 radical (unpaired) electrons. The van der Waals surface area contributed by atoms with E-state index in [0.29, 0.717) is 6.54 Å². The number of halogens is 1. The van der Waals surface area contributed by atoms with Crippen LogP contribution in [-0.2, 0) is 16.9 Å². The first-order chi connectivity index (χ1) is 10.3. The van der Waals surface area contributed by atoms with Crippen molar-refractivity contribution in [2.75, 3.05) is 0 Å². The standard InChI is InChI=1S/C19H24N2O.ClH/c1-13-10-14(2)17(15(3)11-13)12-21-18(22)19(4,20)16-8-6-5-7-9-16;/h5-11H,12,20H2,1-4H3,(H,21,22);1H. The molecule has 2 rings (SSSR count). The van der Waals surface area contributed by atoms with Crippen LogP contribution in [0.1, 0.15) is 34.7 Å². The van der Waals surface area contributed by atoms with Crippen molar-refractivity contribution in [3.63, 3.8) is 0 Å². The molecule has 0 aliphatic heterocycles. The van der Waals surface area contributed by atoms with Crippen molar-refractivity contribution in [2.24, 2.45) is 5.73 Å². The maximum Gasteiger partial charge on any atom is 0.244 e. The topological polar surface area (TPSA) is 55.1 Å². The van der Waals surface area contributed by atoms with Gasteiger partial charge in [-0.05, 0) is 49.9 Å². The molecule has 0 fully saturated rings. The second-order valence-electron chi connectivity index (χ2n) is 6.13. The predicted molar refractivity (Wildman–Crippen MR) is 97.7 cm³/mol. The summed E-state index contributed by atoms with van der Waals surface area (Å²) in [7, 11) is 0. The molecule has 2 aromatic rings. The van der Waals surface area contributed by atoms with Crippen molar-refractivity contribution in [3.05, 3.63) is 70.3 Å². The third-order valence-electron chi connectivity index (χ3n) is 4.11. The van der Waals surface area contributed by atoms with Gasteiger partial charge in [-0.25, -0.2) is 0 Å². The Labute approximate surface area is 144 Å². The van der Waals surface area contributed by atoms with Crippen LogP contribution in [0.2, 0.25) is 0 Å². The lowest BCUT2D eigenvalue weighted by molar-refractivity contribution is -0.126. The van der Waals surface area contributed by atoms with Crippen LogP contribution in [-0.4, -0.2) is 5.91 Å². The normalized spacial score (nSPS) is 12.9. The molecule has 0 spiro atoms. The van der Waals surface area contributed by atoms with Gasteiger partial charge in [0.1, 0.15) is 5.54 Å². The van der Waals surface area contributed by atoms with E-state index >= 15 is 0 Å². The molecule has 1 amide bonds. The number of carbonyl (C=O) groups excluding carboxylic acids is 1. The average molecular weight is 333 g/mol. The van der Waals surface area contributed by atoms with Gasteiger partial charge < -0.3 is 11.1 Å². The van der Waals surface area contributed by atoms with Gasteiger partial charge in [0, 0.05) is 6.54 Å². The summed E-state index contributed by atoms with van der Waals surface area (Å²) in [6, 6.07) is 13.7. The van der Waals surface area contributed by atoms with Crippen molar-refractivity contribution in [3.8, 4) is 0 Å². The molecular weight excluding hydrogens is 308 g/mol. The van der Waals surface area contributed by atoms with E-state index in [2.05, 4.69) is 38.2 Å². The largest absolute Gasteiger partial charge is 0.350 e. The zero-order valence-electron chi connectivity index (χ0n) is 14.1. The third kappa shape index (κ3) is 4.34. The molecule has 23 heavy (non-hydrogen) atoms. The molecule has 0 bridgehead atoms. The molecule has 0 saturated carbocycles. The lowest BCUT2D eigenvalue weighted by Crippen LogP contribution is -2.48. The lowest BCUT2D eigenvalue weighted by atomic mass is 9.92. The van der Waals surface area contributed by atoms with E-state index < -0.39 is 5.54 Å². The number of hydrogen-bond donors (Lipinski definition) is 2. The van der Waals surface area contributed by atoms with Crippen molar-refractivity contribution in [2.45, 2.75) is 39.8 Å². The Morgan fingerprint density at radius 1 is 1.09 bits per heavy atom. The van der Waals surface area contributed by atoms with Crippen molar-refractivity contribution < 1.29 is 4.79 Å². The van der Waals surface area contributed by atoms with E-state index in [0.717, 1.165) is 11.1 Å². The third-order valence-corrected chi connectivity index (χ3v) is 4.11. The Kier molecular flexibility index (Phi) is 6.37. The quantitative estimate of drug-likeness (QED) is 0.900. The maximum atomic E-state index is 12.5. The number of benzene rings is 2. The van der Waals surface area contributed by atoms with Gasteiger partial charge in [-0.3, -0.25) is 4.79 Å². The molecule has 2 aromatic carbocycles. The molecule has 1 unspecified atom stereocenters. The minimum atomic E-state index is -1.03. The Morgan fingerprint density at radius 3 is 2.13 bits per heavy atom. The van der Waals surface area contributed by atoms with Crippen molar-refractivity contribution in [1.82, 2.24) is 5.32 Å². The molecule has 0 aliphatic carbocycles. The number of carbonyl (C=O) groups is 1. The molecule has 0 aliphatic rings. The Morgan fingerprint density at radius 2 is 1.61 bits per heavy atom. The van der Waals surface area contributed by atoms with Crippen LogP contribution in [0.15, 0.2) is 42.5 Å². The van der Waals surface area contributed by atoms with Gasteiger partial charge in [0.15, 0.2) is 0 Å². The van der Waals surface area contributed by atoms with Crippen LogP contribution in [0, 0.1) is 20.8 Å². The predicted octanol–water partition coefficient (Wildman–Crippen LogP) is 3.52. The molecular formula is C19H25ClN2O. The van der Waals surface area contributed by atoms with Crippen LogP contribution >= 0.6 is 12.4 Å². The summed E-state index contributed by atoms with van der Waals surface area (Å²) in [6.07, 6.45) is 0. The highest BCUT2D eigenvalue weighted by atomic mass is 35.5. The van der Waals surface area contributed by atoms with Gasteiger partial charge >= 0.3 is 0 Å². The smallest absolute Gasteiger partial charge is 0.244 e. The summed E-state index contributed by atoms with van der Waals surface area (Å²) in [6.45, 7) is 8.46. The molecule has 0 saturated heterocycles. The van der Waals surface area contributed by atoms with E-state index in [4.69, 9.17) is 5.73 Å². The highest BCUT2D eigenvalue weighted by Gasteiger charge is 2.30. The van der Waals surface area contributed by atoms with Crippen LogP contribution in [0.3, 0.4) is 0 Å². The summed E-state index contributed by atoms with van der Waals surface area (Å²) in [4.78, 5) is 12.5. The van der Waals surface area contributed by atoms with E-state index in [9.17, 15) is 4.79 Å². The summed E-state index contributed by atoms with van der Waals surface area (Å²) in [5.74, 6) is -0.168. The van der Waals surface area contributed by atoms with Gasteiger partial charge in [-0.1, -0.05) is 48.0 Å². The van der Waals surface area contributed by atoms with Crippen molar-refractivity contribution >= 4 is 18.3 Å². The molecule has 3 N–H and O–H groups in total. The zero-order valence-corrected chi connectivity index (χ0v) is 15.0. The molecule has 4 heteroatoms. The fourth-order valence-electron chi connectivity index (χ4n) is 2.76. The Hall–Kier alpha value is -1.84. The Balaban J connectivity index is 0.00000264. The van der Waals surface area contributed by atoms with Crippen LogP contribution in [0.25, 0.3) is 0 Å². The van der Waals surface area contributed by atoms with E-state index in [1.165, 1.54) is 16.7 Å². The molecule has 1 atom stereocenters. The zero-order chi connectivity index (χ0) is 16.3. The lowest BCUT2D eigenvalue weighted by Gasteiger charge is -2.24. The van der Waals surface area contributed by atoms with E-state index in [1.54, 1.807) is 6.92 Å². The van der Waals surface area contributed by atoms with Gasteiger partial charge in [0.05, 0.1) is 0 Å². The number of aryl methyl sites for hydroxylation is 3. The Bertz CT molecular complexity index is 658. The number of amides is 1. The van der Waals surface area contributed by atoms with Crippen LogP contribution in [0.4, 0.5) is 0 Å². The average Bonchev–Trinajstić information content (AvgIpc) is 2.46. The number of nitrogens with two attached hydrogens (primary N) is 1. The first-order valence-corrected chi connectivity index (χ1v) is 7.52. The maximum absolute atomic E-state index is 12.5. The summed E-state index contributed by atoms with van der Waals surface area (Å²) in [5, 5.41) is 2.97. The minimum Gasteiger partial charge on any atom is -0.350 e. The molecule has 0 heterocycles. The minimum absolute atomic E-state index is 0. The highest BCUT2D eigenvalue weighted by Crippen LogP contribution is 2.19. The van der Waals surface area contributed by atoms with Gasteiger partial charge in [0.25, 0.3) is 0 Å². The van der Waals surface area contributed by atoms with E-state index in [-0.39, 0.29) is 18.3 Å². The number of nitrogens with one attached hydrogen (secondary N) is 1. The first kappa shape index (κ1) is 19.2. The monoisotopic (exact) mass is 332 g/mol. The number of rotatable bonds is 4. The van der Waals surface area contributed by atoms with Gasteiger partial charge in [0.2, 0.25) is 5.91 Å². The van der Waals surface area contributed by atoms with Crippen LogP contribution in [0.5, 0.6) is 0 Å². The summed E-state index contributed by atoms with van der Waals surface area (Å²) >= 11 is 0. The molecule has 3 nitrogen and oxygen atoms in total.